The first-order valence-electron chi connectivity index (χ1n) is 12.4. The molecule has 0 bridgehead atoms. The van der Waals surface area contributed by atoms with Gasteiger partial charge >= 0.3 is 0 Å². The van der Waals surface area contributed by atoms with Gasteiger partial charge in [-0.25, -0.2) is 9.37 Å². The van der Waals surface area contributed by atoms with Gasteiger partial charge in [-0.05, 0) is 43.2 Å². The third-order valence-corrected chi connectivity index (χ3v) is 9.65. The van der Waals surface area contributed by atoms with Gasteiger partial charge in [0.25, 0.3) is 5.91 Å². The number of ether oxygens (including phenoxy) is 3. The number of benzene rings is 2. The van der Waals surface area contributed by atoms with Crippen LogP contribution >= 0.6 is 34.4 Å². The molecule has 0 fully saturated rings. The molecular weight excluding hydrogens is 604 g/mol. The van der Waals surface area contributed by atoms with Crippen LogP contribution in [0.15, 0.2) is 52.1 Å². The molecule has 0 spiro atoms. The Labute approximate surface area is 252 Å². The third kappa shape index (κ3) is 5.32. The van der Waals surface area contributed by atoms with Crippen molar-refractivity contribution >= 4 is 51.3 Å². The Balaban J connectivity index is 1.60. The molecule has 4 aromatic rings. The average molecular weight is 629 g/mol. The molecule has 14 heteroatoms. The van der Waals surface area contributed by atoms with Crippen molar-refractivity contribution in [3.63, 3.8) is 0 Å². The van der Waals surface area contributed by atoms with Gasteiger partial charge < -0.3 is 19.3 Å². The van der Waals surface area contributed by atoms with Crippen molar-refractivity contribution in [2.75, 3.05) is 26.2 Å². The number of amides is 1. The maximum absolute atomic E-state index is 14.1. The third-order valence-electron chi connectivity index (χ3n) is 6.48. The summed E-state index contributed by atoms with van der Waals surface area (Å²) in [6, 6.07) is 8.52. The maximum atomic E-state index is 14.1. The Kier molecular flexibility index (Phi) is 8.48. The van der Waals surface area contributed by atoms with Crippen LogP contribution in [-0.2, 0) is 10.5 Å². The van der Waals surface area contributed by atoms with Crippen LogP contribution in [0, 0.1) is 19.7 Å². The number of carbonyl (C=O) groups is 2. The number of hydrogen-bond donors (Lipinski definition) is 1. The summed E-state index contributed by atoms with van der Waals surface area (Å²) in [5, 5.41) is 20.4. The summed E-state index contributed by atoms with van der Waals surface area (Å²) in [6.45, 7) is 3.47. The number of thioether (sulfide) groups is 1. The van der Waals surface area contributed by atoms with Gasteiger partial charge in [-0.2, -0.15) is 0 Å². The molecule has 218 valence electrons. The highest BCUT2D eigenvalue weighted by molar-refractivity contribution is 8.00. The zero-order valence-electron chi connectivity index (χ0n) is 23.1. The van der Waals surface area contributed by atoms with E-state index in [9.17, 15) is 19.1 Å². The first-order valence-corrected chi connectivity index (χ1v) is 15.0. The van der Waals surface area contributed by atoms with Gasteiger partial charge in [-0.1, -0.05) is 41.3 Å². The molecule has 0 saturated carbocycles. The fourth-order valence-corrected chi connectivity index (χ4v) is 7.31. The molecular formula is C28H25FN4O6S3. The van der Waals surface area contributed by atoms with Crippen LogP contribution in [0.3, 0.4) is 0 Å². The van der Waals surface area contributed by atoms with E-state index in [2.05, 4.69) is 15.2 Å². The van der Waals surface area contributed by atoms with E-state index in [1.54, 1.807) is 44.2 Å². The highest BCUT2D eigenvalue weighted by Crippen LogP contribution is 2.48. The standard InChI is InChI=1S/C28H25FN4O6S3/c1-13-25(41-14(2)30-13)22(34)20-21(16-10-18(37-3)24(39-5)19(11-16)38-4)33(26(36)23(20)35)27-31-32-28(42-27)40-12-15-8-6-7-9-17(15)29/h6-11,21,35H,12H2,1-5H3. The summed E-state index contributed by atoms with van der Waals surface area (Å²) in [5.41, 5.74) is 1.24. The highest BCUT2D eigenvalue weighted by atomic mass is 32.2. The minimum atomic E-state index is -1.11. The molecule has 10 nitrogen and oxygen atoms in total. The number of ketones is 1. The van der Waals surface area contributed by atoms with Crippen LogP contribution in [0.1, 0.15) is 37.5 Å². The number of thiazole rings is 1. The van der Waals surface area contributed by atoms with Crippen LogP contribution in [0.25, 0.3) is 0 Å². The van der Waals surface area contributed by atoms with Gasteiger partial charge in [0.05, 0.1) is 48.5 Å². The molecule has 1 atom stereocenters. The number of methoxy groups -OCH3 is 3. The summed E-state index contributed by atoms with van der Waals surface area (Å²) in [6.07, 6.45) is 0. The lowest BCUT2D eigenvalue weighted by atomic mass is 9.94. The van der Waals surface area contributed by atoms with Crippen LogP contribution in [0.2, 0.25) is 0 Å². The van der Waals surface area contributed by atoms with E-state index in [0.717, 1.165) is 11.3 Å². The first kappa shape index (κ1) is 29.5. The second-order valence-corrected chi connectivity index (χ2v) is 12.4. The van der Waals surface area contributed by atoms with Crippen LogP contribution in [-0.4, -0.2) is 53.3 Å². The second kappa shape index (κ2) is 12.1. The smallest absolute Gasteiger partial charge is 0.296 e. The lowest BCUT2D eigenvalue weighted by Gasteiger charge is -2.25. The van der Waals surface area contributed by atoms with Crippen LogP contribution in [0.5, 0.6) is 17.2 Å². The second-order valence-electron chi connectivity index (χ2n) is 9.01. The molecule has 5 rings (SSSR count). The summed E-state index contributed by atoms with van der Waals surface area (Å²) in [4.78, 5) is 33.4. The largest absolute Gasteiger partial charge is 0.503 e. The molecule has 2 aromatic carbocycles. The monoisotopic (exact) mass is 628 g/mol. The number of carbonyl (C=O) groups excluding carboxylic acids is 2. The van der Waals surface area contributed by atoms with E-state index in [-0.39, 0.29) is 16.5 Å². The lowest BCUT2D eigenvalue weighted by Crippen LogP contribution is -2.31. The van der Waals surface area contributed by atoms with Crippen molar-refractivity contribution in [1.29, 1.82) is 0 Å². The number of halogens is 1. The van der Waals surface area contributed by atoms with Crippen molar-refractivity contribution in [1.82, 2.24) is 15.2 Å². The number of anilines is 1. The SMILES string of the molecule is COc1cc(C2C(C(=O)c3sc(C)nc3C)=C(O)C(=O)N2c2nnc(SCc3ccccc3F)s2)cc(OC)c1OC. The van der Waals surface area contributed by atoms with Crippen molar-refractivity contribution < 1.29 is 33.3 Å². The van der Waals surface area contributed by atoms with Crippen molar-refractivity contribution in [2.45, 2.75) is 30.0 Å². The Morgan fingerprint density at radius 1 is 1.07 bits per heavy atom. The number of aliphatic hydroxyl groups is 1. The van der Waals surface area contributed by atoms with Gasteiger partial charge in [0, 0.05) is 5.75 Å². The minimum absolute atomic E-state index is 0.140. The fraction of sp³-hybridized carbons (Fsp3) is 0.250. The number of hydrogen-bond acceptors (Lipinski definition) is 12. The number of rotatable bonds is 10. The lowest BCUT2D eigenvalue weighted by molar-refractivity contribution is -0.117. The number of aryl methyl sites for hydroxylation is 2. The first-order chi connectivity index (χ1) is 20.2. The normalized spacial score (nSPS) is 15.0. The van der Waals surface area contributed by atoms with Gasteiger partial charge in [0.15, 0.2) is 21.6 Å². The van der Waals surface area contributed by atoms with Crippen LogP contribution < -0.4 is 19.1 Å². The molecule has 3 heterocycles. The fourth-order valence-electron chi connectivity index (χ4n) is 4.59. The predicted octanol–water partition coefficient (Wildman–Crippen LogP) is 5.85. The van der Waals surface area contributed by atoms with Gasteiger partial charge in [-0.15, -0.1) is 21.5 Å². The minimum Gasteiger partial charge on any atom is -0.503 e. The maximum Gasteiger partial charge on any atom is 0.296 e. The molecule has 1 unspecified atom stereocenters. The molecule has 1 N–H and O–H groups in total. The Morgan fingerprint density at radius 2 is 1.76 bits per heavy atom. The Bertz CT molecular complexity index is 1690. The van der Waals surface area contributed by atoms with Gasteiger partial charge in [0.1, 0.15) is 5.82 Å². The molecule has 42 heavy (non-hydrogen) atoms. The van der Waals surface area contributed by atoms with E-state index < -0.39 is 23.5 Å². The highest BCUT2D eigenvalue weighted by Gasteiger charge is 2.47. The Hall–Kier alpha value is -4.01. The average Bonchev–Trinajstić information content (AvgIpc) is 3.66. The van der Waals surface area contributed by atoms with E-state index >= 15 is 0 Å². The van der Waals surface area contributed by atoms with Crippen molar-refractivity contribution in [3.8, 4) is 17.2 Å². The number of aromatic nitrogens is 3. The zero-order chi connectivity index (χ0) is 30.1. The quantitative estimate of drug-likeness (QED) is 0.130. The zero-order valence-corrected chi connectivity index (χ0v) is 25.6. The molecule has 0 aliphatic carbocycles. The van der Waals surface area contributed by atoms with E-state index in [0.29, 0.717) is 54.0 Å². The summed E-state index contributed by atoms with van der Waals surface area (Å²) >= 11 is 3.51. The Morgan fingerprint density at radius 3 is 2.36 bits per heavy atom. The number of Topliss-reactive ketones (excluding diaryl/α,β-unsaturated/α-hetero) is 1. The van der Waals surface area contributed by atoms with E-state index in [1.807, 2.05) is 0 Å². The number of nitrogens with zero attached hydrogens (tertiary/aromatic N) is 4. The molecule has 2 aromatic heterocycles. The van der Waals surface area contributed by atoms with Crippen molar-refractivity contribution in [3.05, 3.63) is 80.3 Å². The molecule has 1 aliphatic rings. The number of aliphatic hydroxyl groups excluding tert-OH is 1. The van der Waals surface area contributed by atoms with Gasteiger partial charge in [0.2, 0.25) is 16.7 Å². The molecule has 1 amide bonds. The van der Waals surface area contributed by atoms with E-state index in [1.165, 1.54) is 55.4 Å². The predicted molar refractivity (Wildman–Crippen MR) is 158 cm³/mol. The summed E-state index contributed by atoms with van der Waals surface area (Å²) in [7, 11) is 4.36. The summed E-state index contributed by atoms with van der Waals surface area (Å²) < 4.78 is 31.1. The molecule has 1 aliphatic heterocycles. The topological polar surface area (TPSA) is 124 Å². The molecule has 0 radical (unpaired) electrons. The summed E-state index contributed by atoms with van der Waals surface area (Å²) in [5.74, 6) is -1.21. The molecule has 0 saturated heterocycles. The van der Waals surface area contributed by atoms with E-state index in [4.69, 9.17) is 14.2 Å². The van der Waals surface area contributed by atoms with Gasteiger partial charge in [-0.3, -0.25) is 14.5 Å². The van der Waals surface area contributed by atoms with Crippen molar-refractivity contribution in [2.24, 2.45) is 0 Å². The van der Waals surface area contributed by atoms with Crippen LogP contribution in [0.4, 0.5) is 9.52 Å².